The first kappa shape index (κ1) is 18.8. The zero-order valence-electron chi connectivity index (χ0n) is 14.9. The molecule has 0 fully saturated rings. The van der Waals surface area contributed by atoms with Crippen LogP contribution in [0, 0.1) is 10.1 Å². The third-order valence-electron chi connectivity index (χ3n) is 4.92. The van der Waals surface area contributed by atoms with Crippen molar-refractivity contribution < 1.29 is 19.6 Å². The molecule has 0 aliphatic heterocycles. The van der Waals surface area contributed by atoms with Crippen molar-refractivity contribution >= 4 is 5.97 Å². The van der Waals surface area contributed by atoms with Crippen molar-refractivity contribution in [1.82, 2.24) is 0 Å². The highest BCUT2D eigenvalue weighted by molar-refractivity contribution is 5.82. The monoisotopic (exact) mass is 367 g/mol. The van der Waals surface area contributed by atoms with Crippen LogP contribution < -0.4 is 0 Å². The number of rotatable bonds is 5. The molecule has 2 aromatic rings. The molecule has 0 spiro atoms. The van der Waals surface area contributed by atoms with Gasteiger partial charge in [-0.3, -0.25) is 10.1 Å². The summed E-state index contributed by atoms with van der Waals surface area (Å²) in [7, 11) is 0. The number of carbonyl (C=O) groups is 1. The molecule has 6 heteroatoms. The van der Waals surface area contributed by atoms with Crippen LogP contribution in [0.25, 0.3) is 0 Å². The van der Waals surface area contributed by atoms with Crippen LogP contribution in [0.2, 0.25) is 0 Å². The predicted molar refractivity (Wildman–Crippen MR) is 99.6 cm³/mol. The molecule has 0 aromatic heterocycles. The van der Waals surface area contributed by atoms with E-state index in [0.717, 1.165) is 0 Å². The van der Waals surface area contributed by atoms with Gasteiger partial charge in [0.25, 0.3) is 5.70 Å². The Morgan fingerprint density at radius 2 is 1.70 bits per heavy atom. The minimum absolute atomic E-state index is 0.0240. The summed E-state index contributed by atoms with van der Waals surface area (Å²) < 4.78 is 5.13. The Balaban J connectivity index is 2.16. The van der Waals surface area contributed by atoms with Gasteiger partial charge in [-0.1, -0.05) is 60.7 Å². The fourth-order valence-electron chi connectivity index (χ4n) is 3.63. The smallest absolute Gasteiger partial charge is 0.339 e. The van der Waals surface area contributed by atoms with Crippen LogP contribution >= 0.6 is 0 Å². The van der Waals surface area contributed by atoms with Crippen molar-refractivity contribution in [3.05, 3.63) is 93.7 Å². The SMILES string of the molecule is CCOC(=O)C1(O)CC(c2ccccc2)C([N+](=O)[O-])=CC1c1ccccc1. The molecular formula is C21H21NO5. The lowest BCUT2D eigenvalue weighted by molar-refractivity contribution is -0.432. The number of ether oxygens (including phenoxy) is 1. The first-order valence-corrected chi connectivity index (χ1v) is 8.83. The van der Waals surface area contributed by atoms with Crippen molar-refractivity contribution in [1.29, 1.82) is 0 Å². The molecule has 0 saturated carbocycles. The molecule has 3 rings (SSSR count). The Morgan fingerprint density at radius 1 is 1.15 bits per heavy atom. The lowest BCUT2D eigenvalue weighted by Crippen LogP contribution is -2.49. The molecule has 0 bridgehead atoms. The summed E-state index contributed by atoms with van der Waals surface area (Å²) >= 11 is 0. The number of benzene rings is 2. The second-order valence-corrected chi connectivity index (χ2v) is 6.55. The average molecular weight is 367 g/mol. The molecule has 3 unspecified atom stereocenters. The molecule has 3 atom stereocenters. The number of carbonyl (C=O) groups excluding carboxylic acids is 1. The van der Waals surface area contributed by atoms with Crippen molar-refractivity contribution in [2.45, 2.75) is 30.8 Å². The van der Waals surface area contributed by atoms with Crippen molar-refractivity contribution in [3.63, 3.8) is 0 Å². The van der Waals surface area contributed by atoms with Gasteiger partial charge in [0.2, 0.25) is 0 Å². The number of allylic oxidation sites excluding steroid dienone is 1. The van der Waals surface area contributed by atoms with Crippen molar-refractivity contribution in [2.75, 3.05) is 6.61 Å². The van der Waals surface area contributed by atoms with Gasteiger partial charge in [-0.25, -0.2) is 4.79 Å². The van der Waals surface area contributed by atoms with Crippen molar-refractivity contribution in [3.8, 4) is 0 Å². The third kappa shape index (κ3) is 3.61. The summed E-state index contributed by atoms with van der Waals surface area (Å²) in [5, 5.41) is 23.1. The highest BCUT2D eigenvalue weighted by Crippen LogP contribution is 2.46. The third-order valence-corrected chi connectivity index (χ3v) is 4.92. The number of nitrogens with zero attached hydrogens (tertiary/aromatic N) is 1. The second-order valence-electron chi connectivity index (χ2n) is 6.55. The fourth-order valence-corrected chi connectivity index (χ4v) is 3.63. The lowest BCUT2D eigenvalue weighted by Gasteiger charge is -2.38. The summed E-state index contributed by atoms with van der Waals surface area (Å²) in [4.78, 5) is 24.0. The number of hydrogen-bond donors (Lipinski definition) is 1. The summed E-state index contributed by atoms with van der Waals surface area (Å²) in [5.74, 6) is -2.34. The maximum absolute atomic E-state index is 12.7. The standard InChI is InChI=1S/C21H21NO5/c1-2-27-20(23)21(24)14-17(15-9-5-3-6-10-15)19(22(25)26)13-18(21)16-11-7-4-8-12-16/h3-13,17-18,24H,2,14H2,1H3. The van der Waals surface area contributed by atoms with Crippen molar-refractivity contribution in [2.24, 2.45) is 0 Å². The van der Waals surface area contributed by atoms with Gasteiger partial charge >= 0.3 is 5.97 Å². The first-order chi connectivity index (χ1) is 13.0. The minimum atomic E-state index is -1.89. The van der Waals surface area contributed by atoms with Crippen LogP contribution in [0.3, 0.4) is 0 Å². The highest BCUT2D eigenvalue weighted by atomic mass is 16.6. The van der Waals surface area contributed by atoms with Gasteiger partial charge in [0, 0.05) is 18.4 Å². The molecule has 1 aliphatic rings. The number of nitro groups is 1. The molecule has 0 amide bonds. The Kier molecular flexibility index (Phi) is 5.37. The maximum atomic E-state index is 12.7. The molecule has 1 N–H and O–H groups in total. The van der Waals surface area contributed by atoms with Crippen LogP contribution in [-0.2, 0) is 9.53 Å². The second kappa shape index (κ2) is 7.72. The number of esters is 1. The average Bonchev–Trinajstić information content (AvgIpc) is 2.69. The zero-order valence-corrected chi connectivity index (χ0v) is 14.9. The number of aliphatic hydroxyl groups is 1. The van der Waals surface area contributed by atoms with E-state index in [0.29, 0.717) is 11.1 Å². The Morgan fingerprint density at radius 3 is 2.22 bits per heavy atom. The van der Waals surface area contributed by atoms with Gasteiger partial charge < -0.3 is 9.84 Å². The Hall–Kier alpha value is -2.99. The summed E-state index contributed by atoms with van der Waals surface area (Å²) in [6.45, 7) is 1.78. The van der Waals surface area contributed by atoms with E-state index in [1.807, 2.05) is 6.07 Å². The molecule has 2 aromatic carbocycles. The van der Waals surface area contributed by atoms with Gasteiger partial charge in [0.1, 0.15) is 0 Å². The van der Waals surface area contributed by atoms with Gasteiger partial charge in [-0.15, -0.1) is 0 Å². The van der Waals surface area contributed by atoms with Gasteiger partial charge in [0.05, 0.1) is 17.4 Å². The normalized spacial score (nSPS) is 24.7. The van der Waals surface area contributed by atoms with Crippen LogP contribution in [0.4, 0.5) is 0 Å². The number of hydrogen-bond acceptors (Lipinski definition) is 5. The zero-order chi connectivity index (χ0) is 19.4. The fraction of sp³-hybridized carbons (Fsp3) is 0.286. The molecule has 0 saturated heterocycles. The largest absolute Gasteiger partial charge is 0.464 e. The molecule has 0 heterocycles. The molecule has 27 heavy (non-hydrogen) atoms. The van der Waals surface area contributed by atoms with Crippen LogP contribution in [0.5, 0.6) is 0 Å². The van der Waals surface area contributed by atoms with E-state index in [-0.39, 0.29) is 18.7 Å². The van der Waals surface area contributed by atoms with E-state index in [9.17, 15) is 20.0 Å². The Bertz CT molecular complexity index is 849. The molecular weight excluding hydrogens is 346 g/mol. The molecule has 140 valence electrons. The van der Waals surface area contributed by atoms with E-state index in [1.54, 1.807) is 61.5 Å². The topological polar surface area (TPSA) is 89.7 Å². The lowest BCUT2D eigenvalue weighted by atomic mass is 9.69. The quantitative estimate of drug-likeness (QED) is 0.497. The summed E-state index contributed by atoms with van der Waals surface area (Å²) in [6, 6.07) is 17.7. The van der Waals surface area contributed by atoms with E-state index < -0.39 is 28.3 Å². The highest BCUT2D eigenvalue weighted by Gasteiger charge is 2.53. The minimum Gasteiger partial charge on any atom is -0.464 e. The van der Waals surface area contributed by atoms with Gasteiger partial charge in [-0.2, -0.15) is 0 Å². The summed E-state index contributed by atoms with van der Waals surface area (Å²) in [6.07, 6.45) is 1.27. The Labute approximate surface area is 157 Å². The van der Waals surface area contributed by atoms with Gasteiger partial charge in [0.15, 0.2) is 5.60 Å². The van der Waals surface area contributed by atoms with Crippen LogP contribution in [-0.4, -0.2) is 28.2 Å². The molecule has 1 aliphatic carbocycles. The van der Waals surface area contributed by atoms with E-state index >= 15 is 0 Å². The van der Waals surface area contributed by atoms with Crippen LogP contribution in [0.15, 0.2) is 72.4 Å². The molecule has 0 radical (unpaired) electrons. The van der Waals surface area contributed by atoms with Gasteiger partial charge in [-0.05, 0) is 18.1 Å². The summed E-state index contributed by atoms with van der Waals surface area (Å²) in [5.41, 5.74) is -0.616. The first-order valence-electron chi connectivity index (χ1n) is 8.83. The van der Waals surface area contributed by atoms with Crippen LogP contribution in [0.1, 0.15) is 36.3 Å². The van der Waals surface area contributed by atoms with E-state index in [4.69, 9.17) is 4.74 Å². The van der Waals surface area contributed by atoms with E-state index in [1.165, 1.54) is 6.08 Å². The van der Waals surface area contributed by atoms with E-state index in [2.05, 4.69) is 0 Å². The maximum Gasteiger partial charge on any atom is 0.339 e. The predicted octanol–water partition coefficient (Wildman–Crippen LogP) is 3.41. The molecule has 6 nitrogen and oxygen atoms in total.